The molecule has 3 heterocycles. The van der Waals surface area contributed by atoms with E-state index in [4.69, 9.17) is 17.3 Å². The second-order valence-electron chi connectivity index (χ2n) is 12.3. The minimum atomic E-state index is -0.430. The predicted octanol–water partition coefficient (Wildman–Crippen LogP) is 4.25. The maximum absolute atomic E-state index is 13.4. The molecule has 0 aromatic heterocycles. The van der Waals surface area contributed by atoms with Crippen LogP contribution < -0.4 is 16.4 Å². The Morgan fingerprint density at radius 3 is 2.58 bits per heavy atom. The molecular formula is C33H49ClN6O2S. The molecule has 1 amide bonds. The van der Waals surface area contributed by atoms with Gasteiger partial charge in [-0.25, -0.2) is 0 Å². The summed E-state index contributed by atoms with van der Waals surface area (Å²) in [6.07, 6.45) is 5.34. The summed E-state index contributed by atoms with van der Waals surface area (Å²) in [5.74, 6) is 1.63. The first-order valence-electron chi connectivity index (χ1n) is 16.1. The number of anilines is 1. The molecule has 5 rings (SSSR count). The molecule has 0 saturated carbocycles. The van der Waals surface area contributed by atoms with Crippen LogP contribution in [0, 0.1) is 5.92 Å². The van der Waals surface area contributed by atoms with Gasteiger partial charge in [0.1, 0.15) is 5.75 Å². The van der Waals surface area contributed by atoms with Gasteiger partial charge in [-0.05, 0) is 111 Å². The van der Waals surface area contributed by atoms with Gasteiger partial charge in [-0.1, -0.05) is 18.5 Å². The maximum atomic E-state index is 13.4. The molecule has 5 N–H and O–H groups in total. The number of phenolic OH excluding ortho intramolecular Hbond substituents is 1. The van der Waals surface area contributed by atoms with Gasteiger partial charge in [0.2, 0.25) is 5.91 Å². The van der Waals surface area contributed by atoms with Gasteiger partial charge in [-0.15, -0.1) is 11.8 Å². The third-order valence-electron chi connectivity index (χ3n) is 9.31. The Bertz CT molecular complexity index is 1200. The van der Waals surface area contributed by atoms with Gasteiger partial charge >= 0.3 is 0 Å². The van der Waals surface area contributed by atoms with Crippen molar-refractivity contribution in [3.8, 4) is 5.75 Å². The van der Waals surface area contributed by atoms with Crippen LogP contribution in [0.4, 0.5) is 5.69 Å². The smallest absolute Gasteiger partial charge is 0.239 e. The minimum absolute atomic E-state index is 0.101. The summed E-state index contributed by atoms with van der Waals surface area (Å²) in [6.45, 7) is 10.9. The van der Waals surface area contributed by atoms with Crippen molar-refractivity contribution in [3.63, 3.8) is 0 Å². The van der Waals surface area contributed by atoms with Crippen LogP contribution in [-0.4, -0.2) is 102 Å². The lowest BCUT2D eigenvalue weighted by atomic mass is 9.88. The van der Waals surface area contributed by atoms with Crippen molar-refractivity contribution in [2.75, 3.05) is 70.0 Å². The summed E-state index contributed by atoms with van der Waals surface area (Å²) in [5, 5.41) is 18.0. The van der Waals surface area contributed by atoms with Gasteiger partial charge in [-0.3, -0.25) is 9.69 Å². The van der Waals surface area contributed by atoms with E-state index in [2.05, 4.69) is 39.5 Å². The Balaban J connectivity index is 1.05. The highest BCUT2D eigenvalue weighted by Gasteiger charge is 2.33. The molecule has 3 fully saturated rings. The number of aromatic hydroxyl groups is 1. The zero-order valence-corrected chi connectivity index (χ0v) is 27.1. The largest absolute Gasteiger partial charge is 0.508 e. The number of piperazine rings is 1. The molecule has 0 radical (unpaired) electrons. The predicted molar refractivity (Wildman–Crippen MR) is 178 cm³/mol. The van der Waals surface area contributed by atoms with Crippen LogP contribution in [0.3, 0.4) is 0 Å². The van der Waals surface area contributed by atoms with E-state index in [1.807, 2.05) is 23.1 Å². The van der Waals surface area contributed by atoms with E-state index in [0.717, 1.165) is 88.0 Å². The fourth-order valence-electron chi connectivity index (χ4n) is 6.69. The van der Waals surface area contributed by atoms with Crippen molar-refractivity contribution in [1.82, 2.24) is 20.0 Å². The number of amides is 1. The summed E-state index contributed by atoms with van der Waals surface area (Å²) >= 11 is 8.17. The monoisotopic (exact) mass is 628 g/mol. The number of hydrogen-bond acceptors (Lipinski definition) is 8. The third-order valence-corrected chi connectivity index (χ3v) is 10.5. The normalized spacial score (nSPS) is 21.3. The van der Waals surface area contributed by atoms with Crippen molar-refractivity contribution in [2.45, 2.75) is 62.6 Å². The lowest BCUT2D eigenvalue weighted by Crippen LogP contribution is -2.55. The van der Waals surface area contributed by atoms with Crippen molar-refractivity contribution in [2.24, 2.45) is 11.7 Å². The van der Waals surface area contributed by atoms with Crippen LogP contribution in [0.25, 0.3) is 0 Å². The first kappa shape index (κ1) is 32.4. The van der Waals surface area contributed by atoms with E-state index in [0.29, 0.717) is 24.9 Å². The lowest BCUT2D eigenvalue weighted by Gasteiger charge is -2.39. The van der Waals surface area contributed by atoms with Crippen LogP contribution in [0.2, 0.25) is 5.02 Å². The third kappa shape index (κ3) is 9.02. The summed E-state index contributed by atoms with van der Waals surface area (Å²) in [4.78, 5) is 21.4. The van der Waals surface area contributed by atoms with Gasteiger partial charge in [0.25, 0.3) is 0 Å². The average molecular weight is 629 g/mol. The molecule has 3 saturated heterocycles. The van der Waals surface area contributed by atoms with E-state index in [1.165, 1.54) is 29.0 Å². The Kier molecular flexibility index (Phi) is 11.9. The number of hydrogen-bond donors (Lipinski definition) is 4. The lowest BCUT2D eigenvalue weighted by molar-refractivity contribution is -0.136. The number of thioether (sulfide) groups is 1. The van der Waals surface area contributed by atoms with Gasteiger partial charge in [0.05, 0.1) is 6.04 Å². The highest BCUT2D eigenvalue weighted by Crippen LogP contribution is 2.28. The fourth-order valence-corrected chi connectivity index (χ4v) is 7.66. The van der Waals surface area contributed by atoms with Gasteiger partial charge < -0.3 is 31.3 Å². The summed E-state index contributed by atoms with van der Waals surface area (Å²) < 4.78 is 0. The molecule has 0 bridgehead atoms. The maximum Gasteiger partial charge on any atom is 0.239 e. The molecule has 3 aliphatic rings. The summed E-state index contributed by atoms with van der Waals surface area (Å²) in [5.41, 5.74) is 10.2. The SMILES string of the molecule is CCSc1ccc(O)cc1CN1CCN(C(=O)[C@H](N)C2CCN(CCc3cc(Cl)ccc3NC[C@@H]3CCCN3)CC2)CC1. The second kappa shape index (κ2) is 15.8. The molecular weight excluding hydrogens is 580 g/mol. The molecule has 2 atom stereocenters. The topological polar surface area (TPSA) is 97.1 Å². The van der Waals surface area contributed by atoms with Crippen molar-refractivity contribution in [1.29, 1.82) is 0 Å². The Hall–Kier alpha value is -2.01. The molecule has 43 heavy (non-hydrogen) atoms. The van der Waals surface area contributed by atoms with Gasteiger partial charge in [0, 0.05) is 67.5 Å². The highest BCUT2D eigenvalue weighted by atomic mass is 35.5. The number of likely N-dealkylation sites (tertiary alicyclic amines) is 1. The average Bonchev–Trinajstić information content (AvgIpc) is 3.55. The number of nitrogens with two attached hydrogens (primary N) is 1. The number of halogens is 1. The van der Waals surface area contributed by atoms with E-state index in [-0.39, 0.29) is 11.8 Å². The molecule has 3 aliphatic heterocycles. The van der Waals surface area contributed by atoms with Crippen molar-refractivity contribution in [3.05, 3.63) is 52.5 Å². The van der Waals surface area contributed by atoms with Gasteiger partial charge in [0.15, 0.2) is 0 Å². The number of benzene rings is 2. The summed E-state index contributed by atoms with van der Waals surface area (Å²) in [7, 11) is 0. The van der Waals surface area contributed by atoms with Crippen LogP contribution in [0.5, 0.6) is 5.75 Å². The number of piperidine rings is 1. The van der Waals surface area contributed by atoms with Crippen LogP contribution in [0.1, 0.15) is 43.7 Å². The molecule has 0 spiro atoms. The zero-order valence-electron chi connectivity index (χ0n) is 25.6. The van der Waals surface area contributed by atoms with E-state index >= 15 is 0 Å². The fraction of sp³-hybridized carbons (Fsp3) is 0.606. The molecule has 0 unspecified atom stereocenters. The van der Waals surface area contributed by atoms with Gasteiger partial charge in [-0.2, -0.15) is 0 Å². The molecule has 10 heteroatoms. The Labute approximate surface area is 266 Å². The number of carbonyl (C=O) groups is 1. The highest BCUT2D eigenvalue weighted by molar-refractivity contribution is 7.99. The number of rotatable bonds is 12. The van der Waals surface area contributed by atoms with E-state index < -0.39 is 6.04 Å². The molecule has 0 aliphatic carbocycles. The van der Waals surface area contributed by atoms with Crippen LogP contribution >= 0.6 is 23.4 Å². The van der Waals surface area contributed by atoms with Crippen molar-refractivity contribution < 1.29 is 9.90 Å². The quantitative estimate of drug-likeness (QED) is 0.259. The first-order valence-corrected chi connectivity index (χ1v) is 17.5. The van der Waals surface area contributed by atoms with Crippen molar-refractivity contribution >= 4 is 35.0 Å². The van der Waals surface area contributed by atoms with Crippen LogP contribution in [0.15, 0.2) is 41.3 Å². The molecule has 2 aromatic carbocycles. The van der Waals surface area contributed by atoms with E-state index in [9.17, 15) is 9.90 Å². The zero-order chi connectivity index (χ0) is 30.2. The molecule has 2 aromatic rings. The number of nitrogens with one attached hydrogen (secondary N) is 2. The number of phenols is 1. The Morgan fingerprint density at radius 2 is 1.86 bits per heavy atom. The van der Waals surface area contributed by atoms with Crippen LogP contribution in [-0.2, 0) is 17.8 Å². The minimum Gasteiger partial charge on any atom is -0.508 e. The number of nitrogens with zero attached hydrogens (tertiary/aromatic N) is 3. The summed E-state index contributed by atoms with van der Waals surface area (Å²) in [6, 6.07) is 11.9. The molecule has 236 valence electrons. The Morgan fingerprint density at radius 1 is 1.07 bits per heavy atom. The molecule has 8 nitrogen and oxygen atoms in total. The first-order chi connectivity index (χ1) is 20.9. The van der Waals surface area contributed by atoms with E-state index in [1.54, 1.807) is 17.8 Å². The number of carbonyl (C=O) groups excluding carboxylic acids is 1. The second-order valence-corrected chi connectivity index (χ2v) is 14.0. The standard InChI is InChI=1S/C33H49ClN6O2S/c1-2-43-31-8-6-29(41)21-26(31)23-39-16-18-40(19-17-39)33(42)32(35)24-9-13-38(14-10-24)15-11-25-20-27(34)5-7-30(25)37-22-28-4-3-12-36-28/h5-8,20-21,24,28,32,36-37,41H,2-4,9-19,22-23,35H2,1H3/t28-,32+/m0/s1.